The summed E-state index contributed by atoms with van der Waals surface area (Å²) >= 11 is 0. The molecule has 0 bridgehead atoms. The van der Waals surface area contributed by atoms with Crippen LogP contribution in [0.15, 0.2) is 36.4 Å². The molecule has 0 unspecified atom stereocenters. The van der Waals surface area contributed by atoms with Gasteiger partial charge in [-0.15, -0.1) is 0 Å². The van der Waals surface area contributed by atoms with E-state index < -0.39 is 28.8 Å². The third-order valence-electron chi connectivity index (χ3n) is 2.48. The largest absolute Gasteiger partial charge is 0.504 e. The van der Waals surface area contributed by atoms with Crippen LogP contribution in [0.4, 0.5) is 4.39 Å². The van der Waals surface area contributed by atoms with Crippen molar-refractivity contribution in [2.75, 3.05) is 0 Å². The van der Waals surface area contributed by atoms with Crippen molar-refractivity contribution in [3.05, 3.63) is 53.3 Å². The number of rotatable bonds is 2. The second-order valence-corrected chi connectivity index (χ2v) is 3.67. The lowest BCUT2D eigenvalue weighted by Crippen LogP contribution is -2.01. The number of carbonyl (C=O) groups excluding carboxylic acids is 1. The molecule has 0 aliphatic carbocycles. The molecule has 3 N–H and O–H groups in total. The smallest absolute Gasteiger partial charge is 0.201 e. The summed E-state index contributed by atoms with van der Waals surface area (Å²) in [7, 11) is 0. The zero-order chi connectivity index (χ0) is 13.3. The predicted molar refractivity (Wildman–Crippen MR) is 61.3 cm³/mol. The van der Waals surface area contributed by atoms with Crippen molar-refractivity contribution >= 4 is 5.78 Å². The number of halogens is 1. The Morgan fingerprint density at radius 2 is 1.50 bits per heavy atom. The van der Waals surface area contributed by atoms with Gasteiger partial charge in [0.1, 0.15) is 5.82 Å². The van der Waals surface area contributed by atoms with Gasteiger partial charge in [0.2, 0.25) is 5.75 Å². The monoisotopic (exact) mass is 248 g/mol. The number of phenols is 3. The average molecular weight is 248 g/mol. The Hall–Kier alpha value is -2.56. The minimum atomic E-state index is -0.761. The van der Waals surface area contributed by atoms with Crippen LogP contribution in [0.5, 0.6) is 17.2 Å². The molecule has 0 heterocycles. The van der Waals surface area contributed by atoms with Crippen molar-refractivity contribution in [3.63, 3.8) is 0 Å². The van der Waals surface area contributed by atoms with Crippen molar-refractivity contribution in [1.29, 1.82) is 0 Å². The molecule has 2 rings (SSSR count). The van der Waals surface area contributed by atoms with Crippen LogP contribution in [0.2, 0.25) is 0 Å². The summed E-state index contributed by atoms with van der Waals surface area (Å²) < 4.78 is 12.7. The lowest BCUT2D eigenvalue weighted by atomic mass is 10.0. The molecular formula is C13H9FO4. The molecule has 2 aromatic carbocycles. The van der Waals surface area contributed by atoms with Crippen molar-refractivity contribution in [2.45, 2.75) is 0 Å². The molecule has 0 saturated carbocycles. The first-order chi connectivity index (χ1) is 8.50. The van der Waals surface area contributed by atoms with E-state index in [0.717, 1.165) is 18.2 Å². The lowest BCUT2D eigenvalue weighted by molar-refractivity contribution is 0.103. The van der Waals surface area contributed by atoms with E-state index in [1.165, 1.54) is 18.2 Å². The maximum Gasteiger partial charge on any atom is 0.201 e. The summed E-state index contributed by atoms with van der Waals surface area (Å²) in [6.45, 7) is 0. The Balaban J connectivity index is 2.46. The van der Waals surface area contributed by atoms with Gasteiger partial charge < -0.3 is 15.3 Å². The van der Waals surface area contributed by atoms with Gasteiger partial charge in [0.05, 0.1) is 5.56 Å². The molecule has 0 spiro atoms. The van der Waals surface area contributed by atoms with Crippen LogP contribution in [-0.2, 0) is 0 Å². The zero-order valence-corrected chi connectivity index (χ0v) is 9.09. The first-order valence-corrected chi connectivity index (χ1v) is 5.05. The van der Waals surface area contributed by atoms with E-state index in [2.05, 4.69) is 0 Å². The molecule has 0 aliphatic rings. The van der Waals surface area contributed by atoms with E-state index in [-0.39, 0.29) is 11.1 Å². The summed E-state index contributed by atoms with van der Waals surface area (Å²) in [5, 5.41) is 28.0. The van der Waals surface area contributed by atoms with Gasteiger partial charge >= 0.3 is 0 Å². The van der Waals surface area contributed by atoms with E-state index in [4.69, 9.17) is 5.11 Å². The van der Waals surface area contributed by atoms with Crippen molar-refractivity contribution < 1.29 is 24.5 Å². The predicted octanol–water partition coefficient (Wildman–Crippen LogP) is 2.17. The first-order valence-electron chi connectivity index (χ1n) is 5.05. The molecule has 0 aromatic heterocycles. The Bertz CT molecular complexity index is 605. The normalized spacial score (nSPS) is 10.3. The van der Waals surface area contributed by atoms with Crippen LogP contribution in [0.25, 0.3) is 0 Å². The standard InChI is InChI=1S/C13H9FO4/c14-8-3-1-7(2-4-8)11(16)9-5-6-10(15)13(18)12(9)17/h1-6,15,17-18H. The highest BCUT2D eigenvalue weighted by Crippen LogP contribution is 2.37. The molecule has 0 saturated heterocycles. The van der Waals surface area contributed by atoms with Crippen molar-refractivity contribution in [2.24, 2.45) is 0 Å². The van der Waals surface area contributed by atoms with Crippen LogP contribution in [-0.4, -0.2) is 21.1 Å². The fourth-order valence-corrected chi connectivity index (χ4v) is 1.51. The number of carbonyl (C=O) groups is 1. The summed E-state index contributed by atoms with van der Waals surface area (Å²) in [4.78, 5) is 12.0. The molecule has 0 radical (unpaired) electrons. The summed E-state index contributed by atoms with van der Waals surface area (Å²) in [6, 6.07) is 7.03. The van der Waals surface area contributed by atoms with Crippen molar-refractivity contribution in [1.82, 2.24) is 0 Å². The third kappa shape index (κ3) is 1.98. The van der Waals surface area contributed by atoms with Gasteiger partial charge in [0.15, 0.2) is 17.3 Å². The SMILES string of the molecule is O=C(c1ccc(F)cc1)c1ccc(O)c(O)c1O. The van der Waals surface area contributed by atoms with Crippen LogP contribution in [0.1, 0.15) is 15.9 Å². The maximum atomic E-state index is 12.7. The van der Waals surface area contributed by atoms with Gasteiger partial charge in [-0.2, -0.15) is 0 Å². The van der Waals surface area contributed by atoms with Crippen molar-refractivity contribution in [3.8, 4) is 17.2 Å². The quantitative estimate of drug-likeness (QED) is 0.562. The molecular weight excluding hydrogens is 239 g/mol. The number of hydrogen-bond donors (Lipinski definition) is 3. The molecule has 2 aromatic rings. The molecule has 0 atom stereocenters. The molecule has 18 heavy (non-hydrogen) atoms. The molecule has 0 fully saturated rings. The first kappa shape index (κ1) is 11.9. The Labute approximate surface area is 102 Å². The second kappa shape index (κ2) is 4.37. The van der Waals surface area contributed by atoms with Gasteiger partial charge in [0.25, 0.3) is 0 Å². The fourth-order valence-electron chi connectivity index (χ4n) is 1.51. The Morgan fingerprint density at radius 3 is 2.11 bits per heavy atom. The van der Waals surface area contributed by atoms with Gasteiger partial charge in [-0.3, -0.25) is 4.79 Å². The number of hydrogen-bond acceptors (Lipinski definition) is 4. The van der Waals surface area contributed by atoms with Gasteiger partial charge in [0, 0.05) is 5.56 Å². The molecule has 0 aliphatic heterocycles. The third-order valence-corrected chi connectivity index (χ3v) is 2.48. The summed E-state index contributed by atoms with van der Waals surface area (Å²) in [6.07, 6.45) is 0. The lowest BCUT2D eigenvalue weighted by Gasteiger charge is -2.06. The highest BCUT2D eigenvalue weighted by atomic mass is 19.1. The van der Waals surface area contributed by atoms with Gasteiger partial charge in [-0.1, -0.05) is 0 Å². The average Bonchev–Trinajstić information content (AvgIpc) is 2.36. The molecule has 92 valence electrons. The highest BCUT2D eigenvalue weighted by Gasteiger charge is 2.18. The summed E-state index contributed by atoms with van der Waals surface area (Å²) in [5.41, 5.74) is -0.00584. The number of phenolic OH excluding ortho intramolecular Hbond substituents is 3. The Kier molecular flexibility index (Phi) is 2.89. The minimum Gasteiger partial charge on any atom is -0.504 e. The zero-order valence-electron chi connectivity index (χ0n) is 9.09. The van der Waals surface area contributed by atoms with E-state index in [0.29, 0.717) is 0 Å². The summed E-state index contributed by atoms with van der Waals surface area (Å²) in [5.74, 6) is -3.05. The number of ketones is 1. The van der Waals surface area contributed by atoms with Gasteiger partial charge in [-0.25, -0.2) is 4.39 Å². The molecule has 0 amide bonds. The van der Waals surface area contributed by atoms with Gasteiger partial charge in [-0.05, 0) is 36.4 Å². The van der Waals surface area contributed by atoms with E-state index >= 15 is 0 Å². The topological polar surface area (TPSA) is 77.8 Å². The highest BCUT2D eigenvalue weighted by molar-refractivity contribution is 6.11. The van der Waals surface area contributed by atoms with Crippen LogP contribution in [0.3, 0.4) is 0 Å². The fraction of sp³-hybridized carbons (Fsp3) is 0. The number of benzene rings is 2. The van der Waals surface area contributed by atoms with E-state index in [1.54, 1.807) is 0 Å². The second-order valence-electron chi connectivity index (χ2n) is 3.67. The van der Waals surface area contributed by atoms with Crippen LogP contribution in [0, 0.1) is 5.82 Å². The number of aromatic hydroxyl groups is 3. The van der Waals surface area contributed by atoms with E-state index in [1.807, 2.05) is 0 Å². The van der Waals surface area contributed by atoms with Crippen LogP contribution >= 0.6 is 0 Å². The maximum absolute atomic E-state index is 12.7. The van der Waals surface area contributed by atoms with E-state index in [9.17, 15) is 19.4 Å². The van der Waals surface area contributed by atoms with Crippen LogP contribution < -0.4 is 0 Å². The molecule has 4 nitrogen and oxygen atoms in total. The Morgan fingerprint density at radius 1 is 0.889 bits per heavy atom. The molecule has 5 heteroatoms. The minimum absolute atomic E-state index is 0.164.